The monoisotopic (exact) mass is 358 g/mol. The SMILES string of the molecule is CC.CC(C)(C)OC(=O)N1CCC(CN2CCC(O)CC2CO)CC1. The van der Waals surface area contributed by atoms with Crippen molar-refractivity contribution in [2.75, 3.05) is 32.8 Å². The highest BCUT2D eigenvalue weighted by Gasteiger charge is 2.31. The molecule has 0 saturated carbocycles. The van der Waals surface area contributed by atoms with Crippen molar-refractivity contribution < 1.29 is 19.7 Å². The van der Waals surface area contributed by atoms with Crippen LogP contribution in [0.2, 0.25) is 0 Å². The highest BCUT2D eigenvalue weighted by atomic mass is 16.6. The van der Waals surface area contributed by atoms with Crippen molar-refractivity contribution in [2.24, 2.45) is 5.92 Å². The third-order valence-electron chi connectivity index (χ3n) is 4.78. The van der Waals surface area contributed by atoms with E-state index in [9.17, 15) is 15.0 Å². The summed E-state index contributed by atoms with van der Waals surface area (Å²) in [6.45, 7) is 13.0. The predicted octanol–water partition coefficient (Wildman–Crippen LogP) is 2.48. The van der Waals surface area contributed by atoms with E-state index >= 15 is 0 Å². The number of aliphatic hydroxyl groups excluding tert-OH is 2. The largest absolute Gasteiger partial charge is 0.444 e. The van der Waals surface area contributed by atoms with Crippen LogP contribution in [0.15, 0.2) is 0 Å². The highest BCUT2D eigenvalue weighted by Crippen LogP contribution is 2.24. The minimum Gasteiger partial charge on any atom is -0.444 e. The minimum absolute atomic E-state index is 0.0719. The fourth-order valence-electron chi connectivity index (χ4n) is 3.47. The molecule has 2 aliphatic rings. The van der Waals surface area contributed by atoms with Crippen LogP contribution >= 0.6 is 0 Å². The van der Waals surface area contributed by atoms with E-state index in [1.165, 1.54) is 0 Å². The van der Waals surface area contributed by atoms with Crippen LogP contribution < -0.4 is 0 Å². The van der Waals surface area contributed by atoms with Gasteiger partial charge in [-0.1, -0.05) is 13.8 Å². The lowest BCUT2D eigenvalue weighted by Gasteiger charge is -2.41. The van der Waals surface area contributed by atoms with Gasteiger partial charge in [0.05, 0.1) is 12.7 Å². The summed E-state index contributed by atoms with van der Waals surface area (Å²) in [4.78, 5) is 16.2. The normalized spacial score (nSPS) is 26.0. The second-order valence-corrected chi connectivity index (χ2v) is 7.92. The third kappa shape index (κ3) is 7.50. The number of rotatable bonds is 3. The zero-order valence-electron chi connectivity index (χ0n) is 16.7. The predicted molar refractivity (Wildman–Crippen MR) is 99.6 cm³/mol. The van der Waals surface area contributed by atoms with E-state index in [2.05, 4.69) is 4.90 Å². The highest BCUT2D eigenvalue weighted by molar-refractivity contribution is 5.68. The number of likely N-dealkylation sites (tertiary alicyclic amines) is 2. The number of hydrogen-bond donors (Lipinski definition) is 2. The van der Waals surface area contributed by atoms with Gasteiger partial charge in [-0.05, 0) is 52.4 Å². The Kier molecular flexibility index (Phi) is 9.17. The van der Waals surface area contributed by atoms with Crippen molar-refractivity contribution in [3.63, 3.8) is 0 Å². The van der Waals surface area contributed by atoms with Crippen LogP contribution in [0.4, 0.5) is 4.79 Å². The molecule has 2 unspecified atom stereocenters. The number of nitrogens with zero attached hydrogens (tertiary/aromatic N) is 2. The molecule has 6 heteroatoms. The lowest BCUT2D eigenvalue weighted by Crippen LogP contribution is -2.50. The summed E-state index contributed by atoms with van der Waals surface area (Å²) < 4.78 is 5.42. The third-order valence-corrected chi connectivity index (χ3v) is 4.78. The molecule has 2 heterocycles. The average Bonchev–Trinajstić information content (AvgIpc) is 2.57. The fourth-order valence-corrected chi connectivity index (χ4v) is 3.47. The van der Waals surface area contributed by atoms with Gasteiger partial charge in [-0.25, -0.2) is 4.79 Å². The van der Waals surface area contributed by atoms with Crippen molar-refractivity contribution in [1.29, 1.82) is 0 Å². The molecule has 0 aromatic carbocycles. The Morgan fingerprint density at radius 1 is 1.12 bits per heavy atom. The molecule has 148 valence electrons. The summed E-state index contributed by atoms with van der Waals surface area (Å²) in [5.74, 6) is 0.540. The standard InChI is InChI=1S/C17H32N2O4.C2H6/c1-17(2,3)23-16(22)18-7-4-13(5-8-18)11-19-9-6-15(21)10-14(19)12-20;1-2/h13-15,20-21H,4-12H2,1-3H3;1-2H3. The van der Waals surface area contributed by atoms with Crippen LogP contribution in [0.25, 0.3) is 0 Å². The summed E-state index contributed by atoms with van der Waals surface area (Å²) in [5.41, 5.74) is -0.448. The van der Waals surface area contributed by atoms with Gasteiger partial charge in [-0.15, -0.1) is 0 Å². The molecule has 6 nitrogen and oxygen atoms in total. The molecule has 0 bridgehead atoms. The van der Waals surface area contributed by atoms with Gasteiger partial charge in [-0.2, -0.15) is 0 Å². The van der Waals surface area contributed by atoms with Gasteiger partial charge in [0.1, 0.15) is 5.60 Å². The zero-order valence-corrected chi connectivity index (χ0v) is 16.7. The summed E-state index contributed by atoms with van der Waals surface area (Å²) in [6.07, 6.45) is 2.88. The van der Waals surface area contributed by atoms with E-state index in [1.807, 2.05) is 34.6 Å². The fraction of sp³-hybridized carbons (Fsp3) is 0.947. The molecule has 2 atom stereocenters. The van der Waals surface area contributed by atoms with Crippen molar-refractivity contribution >= 4 is 6.09 Å². The van der Waals surface area contributed by atoms with E-state index in [4.69, 9.17) is 4.74 Å². The Hall–Kier alpha value is -0.850. The number of aliphatic hydroxyl groups is 2. The van der Waals surface area contributed by atoms with Crippen molar-refractivity contribution in [3.05, 3.63) is 0 Å². The first-order valence-electron chi connectivity index (χ1n) is 9.79. The lowest BCUT2D eigenvalue weighted by molar-refractivity contribution is -0.00211. The maximum absolute atomic E-state index is 12.1. The van der Waals surface area contributed by atoms with Crippen LogP contribution in [-0.2, 0) is 4.74 Å². The summed E-state index contributed by atoms with van der Waals surface area (Å²) in [7, 11) is 0. The molecular weight excluding hydrogens is 320 g/mol. The van der Waals surface area contributed by atoms with Crippen LogP contribution in [0.5, 0.6) is 0 Å². The Bertz CT molecular complexity index is 389. The maximum atomic E-state index is 12.1. The number of carbonyl (C=O) groups is 1. The Morgan fingerprint density at radius 2 is 1.72 bits per heavy atom. The molecule has 2 fully saturated rings. The Balaban J connectivity index is 0.00000151. The number of carbonyl (C=O) groups excluding carboxylic acids is 1. The Morgan fingerprint density at radius 3 is 2.24 bits per heavy atom. The Labute approximate surface area is 153 Å². The van der Waals surface area contributed by atoms with Crippen LogP contribution in [0, 0.1) is 5.92 Å². The molecule has 0 radical (unpaired) electrons. The van der Waals surface area contributed by atoms with Gasteiger partial charge in [0.2, 0.25) is 0 Å². The van der Waals surface area contributed by atoms with Crippen LogP contribution in [0.1, 0.15) is 60.3 Å². The van der Waals surface area contributed by atoms with E-state index < -0.39 is 5.60 Å². The van der Waals surface area contributed by atoms with Crippen molar-refractivity contribution in [2.45, 2.75) is 78.0 Å². The first kappa shape index (κ1) is 22.2. The molecule has 25 heavy (non-hydrogen) atoms. The van der Waals surface area contributed by atoms with Gasteiger partial charge < -0.3 is 19.8 Å². The minimum atomic E-state index is -0.448. The number of amides is 1. The topological polar surface area (TPSA) is 73.2 Å². The smallest absolute Gasteiger partial charge is 0.410 e. The van der Waals surface area contributed by atoms with Crippen molar-refractivity contribution in [3.8, 4) is 0 Å². The zero-order chi connectivity index (χ0) is 19.0. The van der Waals surface area contributed by atoms with Gasteiger partial charge in [0.15, 0.2) is 0 Å². The molecule has 1 amide bonds. The van der Waals surface area contributed by atoms with E-state index in [1.54, 1.807) is 4.90 Å². The molecule has 0 aromatic rings. The lowest BCUT2D eigenvalue weighted by atomic mass is 9.93. The number of piperidine rings is 2. The second kappa shape index (κ2) is 10.3. The van der Waals surface area contributed by atoms with E-state index in [-0.39, 0.29) is 24.8 Å². The van der Waals surface area contributed by atoms with Crippen LogP contribution in [0.3, 0.4) is 0 Å². The van der Waals surface area contributed by atoms with Crippen molar-refractivity contribution in [1.82, 2.24) is 9.80 Å². The summed E-state index contributed by atoms with van der Waals surface area (Å²) in [5, 5.41) is 19.2. The molecule has 0 aliphatic carbocycles. The maximum Gasteiger partial charge on any atom is 0.410 e. The average molecular weight is 359 g/mol. The molecular formula is C19H38N2O4. The molecule has 0 spiro atoms. The summed E-state index contributed by atoms with van der Waals surface area (Å²) in [6, 6.07) is 0.0719. The molecule has 2 aliphatic heterocycles. The first-order valence-corrected chi connectivity index (χ1v) is 9.79. The van der Waals surface area contributed by atoms with Crippen LogP contribution in [-0.4, -0.2) is 76.6 Å². The van der Waals surface area contributed by atoms with Gasteiger partial charge in [0, 0.05) is 32.2 Å². The van der Waals surface area contributed by atoms with E-state index in [0.717, 1.165) is 45.4 Å². The molecule has 0 aromatic heterocycles. The molecule has 2 saturated heterocycles. The quantitative estimate of drug-likeness (QED) is 0.811. The summed E-state index contributed by atoms with van der Waals surface area (Å²) >= 11 is 0. The van der Waals surface area contributed by atoms with Gasteiger partial charge in [-0.3, -0.25) is 4.90 Å². The molecule has 2 N–H and O–H groups in total. The number of ether oxygens (including phenoxy) is 1. The van der Waals surface area contributed by atoms with E-state index in [0.29, 0.717) is 12.3 Å². The van der Waals surface area contributed by atoms with Gasteiger partial charge in [0.25, 0.3) is 0 Å². The van der Waals surface area contributed by atoms with Gasteiger partial charge >= 0.3 is 6.09 Å². The second-order valence-electron chi connectivity index (χ2n) is 7.92. The number of hydrogen-bond acceptors (Lipinski definition) is 5. The first-order chi connectivity index (χ1) is 11.8. The molecule has 2 rings (SSSR count).